The first kappa shape index (κ1) is 17.3. The lowest BCUT2D eigenvalue weighted by atomic mass is 10.1. The molecule has 1 heterocycles. The lowest BCUT2D eigenvalue weighted by Gasteiger charge is -2.08. The third kappa shape index (κ3) is 4.31. The second kappa shape index (κ2) is 8.53. The van der Waals surface area contributed by atoms with Crippen molar-refractivity contribution in [3.05, 3.63) is 59.8 Å². The van der Waals surface area contributed by atoms with Gasteiger partial charge >= 0.3 is 0 Å². The molecule has 0 fully saturated rings. The highest BCUT2D eigenvalue weighted by Crippen LogP contribution is 2.28. The zero-order valence-electron chi connectivity index (χ0n) is 14.3. The Bertz CT molecular complexity index is 816. The van der Waals surface area contributed by atoms with Crippen LogP contribution in [0.1, 0.15) is 11.1 Å². The molecular weight excluding hydrogens is 319 g/mol. The van der Waals surface area contributed by atoms with E-state index in [1.165, 1.54) is 5.56 Å². The van der Waals surface area contributed by atoms with Crippen LogP contribution < -0.4 is 14.8 Å². The summed E-state index contributed by atoms with van der Waals surface area (Å²) in [7, 11) is 1.70. The summed E-state index contributed by atoms with van der Waals surface area (Å²) in [5.74, 6) is 1.60. The normalized spacial score (nSPS) is 11.0. The van der Waals surface area contributed by atoms with Gasteiger partial charge in [0.1, 0.15) is 24.8 Å². The van der Waals surface area contributed by atoms with Crippen molar-refractivity contribution in [3.63, 3.8) is 0 Å². The summed E-state index contributed by atoms with van der Waals surface area (Å²) < 4.78 is 23.0. The quantitative estimate of drug-likeness (QED) is 0.581. The van der Waals surface area contributed by atoms with Crippen LogP contribution in [0.2, 0.25) is 0 Å². The Morgan fingerprint density at radius 3 is 2.88 bits per heavy atom. The van der Waals surface area contributed by atoms with Crippen LogP contribution in [0.4, 0.5) is 4.39 Å². The summed E-state index contributed by atoms with van der Waals surface area (Å²) in [5, 5.41) is 4.59. The summed E-state index contributed by atoms with van der Waals surface area (Å²) in [4.78, 5) is 3.29. The number of ether oxygens (including phenoxy) is 2. The maximum absolute atomic E-state index is 12.2. The minimum absolute atomic E-state index is 0.0965. The molecular formula is C20H23FN2O2. The van der Waals surface area contributed by atoms with Gasteiger partial charge in [-0.2, -0.15) is 0 Å². The van der Waals surface area contributed by atoms with Crippen molar-refractivity contribution in [2.75, 3.05) is 26.9 Å². The van der Waals surface area contributed by atoms with Crippen molar-refractivity contribution in [2.24, 2.45) is 0 Å². The van der Waals surface area contributed by atoms with Crippen molar-refractivity contribution in [1.82, 2.24) is 10.3 Å². The molecule has 3 aromatic rings. The Labute approximate surface area is 147 Å². The maximum atomic E-state index is 12.2. The SMILES string of the molecule is COc1cccc2[nH]cc(CCNCc3cccc(OCCF)c3)c12. The lowest BCUT2D eigenvalue weighted by Crippen LogP contribution is -2.16. The van der Waals surface area contributed by atoms with Crippen molar-refractivity contribution in [1.29, 1.82) is 0 Å². The zero-order chi connectivity index (χ0) is 17.5. The van der Waals surface area contributed by atoms with Crippen LogP contribution in [0.25, 0.3) is 10.9 Å². The molecule has 0 spiro atoms. The van der Waals surface area contributed by atoms with Crippen LogP contribution in [-0.2, 0) is 13.0 Å². The molecule has 0 radical (unpaired) electrons. The molecule has 0 saturated heterocycles. The van der Waals surface area contributed by atoms with E-state index >= 15 is 0 Å². The van der Waals surface area contributed by atoms with Crippen LogP contribution in [0.3, 0.4) is 0 Å². The molecule has 5 heteroatoms. The number of alkyl halides is 1. The fraction of sp³-hybridized carbons (Fsp3) is 0.300. The van der Waals surface area contributed by atoms with Gasteiger partial charge < -0.3 is 19.8 Å². The number of hydrogen-bond donors (Lipinski definition) is 2. The second-order valence-corrected chi connectivity index (χ2v) is 5.81. The Morgan fingerprint density at radius 2 is 2.04 bits per heavy atom. The van der Waals surface area contributed by atoms with Crippen LogP contribution in [0.5, 0.6) is 11.5 Å². The third-order valence-corrected chi connectivity index (χ3v) is 4.11. The zero-order valence-corrected chi connectivity index (χ0v) is 14.3. The summed E-state index contributed by atoms with van der Waals surface area (Å²) in [5.41, 5.74) is 3.44. The van der Waals surface area contributed by atoms with Gasteiger partial charge in [-0.25, -0.2) is 4.39 Å². The molecule has 0 unspecified atom stereocenters. The molecule has 0 amide bonds. The monoisotopic (exact) mass is 342 g/mol. The number of nitrogens with one attached hydrogen (secondary N) is 2. The summed E-state index contributed by atoms with van der Waals surface area (Å²) in [6.45, 7) is 1.21. The number of fused-ring (bicyclic) bond motifs is 1. The van der Waals surface area contributed by atoms with E-state index < -0.39 is 6.67 Å². The van der Waals surface area contributed by atoms with E-state index in [0.717, 1.165) is 41.7 Å². The molecule has 4 nitrogen and oxygen atoms in total. The number of benzene rings is 2. The molecule has 132 valence electrons. The highest BCUT2D eigenvalue weighted by molar-refractivity contribution is 5.89. The lowest BCUT2D eigenvalue weighted by molar-refractivity contribution is 0.273. The minimum atomic E-state index is -0.476. The number of methoxy groups -OCH3 is 1. The van der Waals surface area contributed by atoms with E-state index in [4.69, 9.17) is 9.47 Å². The largest absolute Gasteiger partial charge is 0.496 e. The molecule has 2 aromatic carbocycles. The summed E-state index contributed by atoms with van der Waals surface area (Å²) >= 11 is 0. The first-order valence-corrected chi connectivity index (χ1v) is 8.43. The number of hydrogen-bond acceptors (Lipinski definition) is 3. The van der Waals surface area contributed by atoms with Crippen molar-refractivity contribution in [2.45, 2.75) is 13.0 Å². The standard InChI is InChI=1S/C20H23FN2O2/c1-24-19-7-3-6-18-20(19)16(14-23-18)8-10-22-13-15-4-2-5-17(12-15)25-11-9-21/h2-7,12,14,22-23H,8-11,13H2,1H3. The Kier molecular flexibility index (Phi) is 5.90. The number of H-pyrrole nitrogens is 1. The Morgan fingerprint density at radius 1 is 1.16 bits per heavy atom. The van der Waals surface area contributed by atoms with Crippen LogP contribution >= 0.6 is 0 Å². The maximum Gasteiger partial charge on any atom is 0.128 e. The van der Waals surface area contributed by atoms with Gasteiger partial charge in [-0.05, 0) is 48.4 Å². The van der Waals surface area contributed by atoms with E-state index in [1.54, 1.807) is 7.11 Å². The number of aromatic amines is 1. The molecule has 0 aliphatic rings. The molecule has 0 atom stereocenters. The molecule has 3 rings (SSSR count). The van der Waals surface area contributed by atoms with Gasteiger partial charge in [0.05, 0.1) is 7.11 Å². The smallest absolute Gasteiger partial charge is 0.128 e. The second-order valence-electron chi connectivity index (χ2n) is 5.81. The number of rotatable bonds is 9. The Hall–Kier alpha value is -2.53. The first-order chi connectivity index (χ1) is 12.3. The predicted octanol–water partition coefficient (Wildman–Crippen LogP) is 3.86. The summed E-state index contributed by atoms with van der Waals surface area (Å²) in [6.07, 6.45) is 2.94. The predicted molar refractivity (Wildman–Crippen MR) is 98.2 cm³/mol. The van der Waals surface area contributed by atoms with Crippen LogP contribution in [-0.4, -0.2) is 31.9 Å². The van der Waals surface area contributed by atoms with Gasteiger partial charge in [0.25, 0.3) is 0 Å². The van der Waals surface area contributed by atoms with E-state index in [-0.39, 0.29) is 6.61 Å². The van der Waals surface area contributed by atoms with Gasteiger partial charge in [-0.15, -0.1) is 0 Å². The van der Waals surface area contributed by atoms with Crippen molar-refractivity contribution in [3.8, 4) is 11.5 Å². The third-order valence-electron chi connectivity index (χ3n) is 4.11. The van der Waals surface area contributed by atoms with Crippen molar-refractivity contribution >= 4 is 10.9 Å². The average Bonchev–Trinajstić information content (AvgIpc) is 3.07. The number of halogens is 1. The highest BCUT2D eigenvalue weighted by atomic mass is 19.1. The van der Waals surface area contributed by atoms with Gasteiger partial charge in [0, 0.05) is 23.6 Å². The molecule has 2 N–H and O–H groups in total. The van der Waals surface area contributed by atoms with Crippen LogP contribution in [0.15, 0.2) is 48.7 Å². The molecule has 0 bridgehead atoms. The van der Waals surface area contributed by atoms with Crippen molar-refractivity contribution < 1.29 is 13.9 Å². The fourth-order valence-electron chi connectivity index (χ4n) is 2.94. The van der Waals surface area contributed by atoms with Gasteiger partial charge in [0.15, 0.2) is 0 Å². The molecule has 0 aliphatic heterocycles. The van der Waals surface area contributed by atoms with Gasteiger partial charge in [-0.1, -0.05) is 18.2 Å². The topological polar surface area (TPSA) is 46.3 Å². The van der Waals surface area contributed by atoms with E-state index in [0.29, 0.717) is 5.75 Å². The van der Waals surface area contributed by atoms with E-state index in [2.05, 4.69) is 16.4 Å². The van der Waals surface area contributed by atoms with E-state index in [1.807, 2.05) is 42.6 Å². The van der Waals surface area contributed by atoms with Gasteiger partial charge in [-0.3, -0.25) is 0 Å². The molecule has 25 heavy (non-hydrogen) atoms. The number of aromatic nitrogens is 1. The van der Waals surface area contributed by atoms with Crippen LogP contribution in [0, 0.1) is 0 Å². The van der Waals surface area contributed by atoms with Gasteiger partial charge in [0.2, 0.25) is 0 Å². The molecule has 0 saturated carbocycles. The minimum Gasteiger partial charge on any atom is -0.496 e. The molecule has 0 aliphatic carbocycles. The highest BCUT2D eigenvalue weighted by Gasteiger charge is 2.08. The Balaban J connectivity index is 1.55. The first-order valence-electron chi connectivity index (χ1n) is 8.43. The summed E-state index contributed by atoms with van der Waals surface area (Å²) in [6, 6.07) is 13.8. The molecule has 1 aromatic heterocycles. The average molecular weight is 342 g/mol. The fourth-order valence-corrected chi connectivity index (χ4v) is 2.94. The van der Waals surface area contributed by atoms with E-state index in [9.17, 15) is 4.39 Å².